The van der Waals surface area contributed by atoms with Gasteiger partial charge in [0.1, 0.15) is 6.10 Å². The van der Waals surface area contributed by atoms with Crippen LogP contribution in [0.1, 0.15) is 66.2 Å². The van der Waals surface area contributed by atoms with E-state index in [0.717, 1.165) is 44.7 Å². The van der Waals surface area contributed by atoms with Gasteiger partial charge in [0, 0.05) is 19.0 Å². The molecule has 0 spiro atoms. The molecule has 0 aromatic heterocycles. The van der Waals surface area contributed by atoms with Gasteiger partial charge < -0.3 is 10.5 Å². The Bertz CT molecular complexity index is 433. The lowest BCUT2D eigenvalue weighted by Crippen LogP contribution is -2.42. The normalized spacial score (nSPS) is 22.6. The topological polar surface area (TPSA) is 58.8 Å². The molecule has 2 N–H and O–H groups in total. The standard InChI is InChI=1S/C20H37N3O2.C2H6/c1-16(2)12-19(14-22-9-5-4-6-10-22)25-17(3)18-8-7-11-23(13-18)15-20(21)24;1-2/h16,18-19H,3-15H2,1-2H3,(H2,21,24);1-2H3. The molecule has 2 saturated heterocycles. The van der Waals surface area contributed by atoms with E-state index in [2.05, 4.69) is 30.2 Å². The van der Waals surface area contributed by atoms with Crippen molar-refractivity contribution in [3.63, 3.8) is 0 Å². The number of nitrogens with zero attached hydrogens (tertiary/aromatic N) is 2. The Labute approximate surface area is 167 Å². The molecule has 158 valence electrons. The van der Waals surface area contributed by atoms with Crippen LogP contribution >= 0.6 is 0 Å². The van der Waals surface area contributed by atoms with E-state index in [1.165, 1.54) is 32.4 Å². The number of ether oxygens (including phenoxy) is 1. The Kier molecular flexibility index (Phi) is 11.7. The van der Waals surface area contributed by atoms with Gasteiger partial charge >= 0.3 is 0 Å². The lowest BCUT2D eigenvalue weighted by Gasteiger charge is -2.36. The zero-order chi connectivity index (χ0) is 20.2. The first kappa shape index (κ1) is 24.0. The molecule has 2 atom stereocenters. The summed E-state index contributed by atoms with van der Waals surface area (Å²) in [5, 5.41) is 0. The largest absolute Gasteiger partial charge is 0.494 e. The first-order chi connectivity index (χ1) is 12.9. The molecule has 2 heterocycles. The van der Waals surface area contributed by atoms with Crippen LogP contribution in [0.2, 0.25) is 0 Å². The third kappa shape index (κ3) is 9.61. The average Bonchev–Trinajstić information content (AvgIpc) is 2.63. The number of nitrogens with two attached hydrogens (primary N) is 1. The van der Waals surface area contributed by atoms with Crippen LogP contribution in [0.5, 0.6) is 0 Å². The summed E-state index contributed by atoms with van der Waals surface area (Å²) in [6.07, 6.45) is 7.41. The third-order valence-electron chi connectivity index (χ3n) is 5.30. The number of amides is 1. The summed E-state index contributed by atoms with van der Waals surface area (Å²) in [6.45, 7) is 18.3. The molecule has 2 rings (SSSR count). The van der Waals surface area contributed by atoms with Gasteiger partial charge in [-0.05, 0) is 57.7 Å². The number of piperidine rings is 2. The smallest absolute Gasteiger partial charge is 0.231 e. The molecule has 0 saturated carbocycles. The van der Waals surface area contributed by atoms with Gasteiger partial charge in [0.25, 0.3) is 0 Å². The summed E-state index contributed by atoms with van der Waals surface area (Å²) in [6, 6.07) is 0. The fraction of sp³-hybridized carbons (Fsp3) is 0.864. The van der Waals surface area contributed by atoms with Crippen molar-refractivity contribution in [1.82, 2.24) is 9.80 Å². The fourth-order valence-electron chi connectivity index (χ4n) is 4.11. The van der Waals surface area contributed by atoms with E-state index in [0.29, 0.717) is 18.4 Å². The Hall–Kier alpha value is -1.07. The number of hydrogen-bond acceptors (Lipinski definition) is 4. The molecule has 5 heteroatoms. The van der Waals surface area contributed by atoms with Gasteiger partial charge in [-0.2, -0.15) is 0 Å². The first-order valence-electron chi connectivity index (χ1n) is 11.0. The molecule has 0 aromatic carbocycles. The highest BCUT2D eigenvalue weighted by atomic mass is 16.5. The van der Waals surface area contributed by atoms with Gasteiger partial charge in [0.15, 0.2) is 0 Å². The Morgan fingerprint density at radius 3 is 2.33 bits per heavy atom. The van der Waals surface area contributed by atoms with Gasteiger partial charge in [-0.15, -0.1) is 0 Å². The first-order valence-corrected chi connectivity index (χ1v) is 11.0. The SMILES string of the molecule is C=C(OC(CC(C)C)CN1CCCCC1)C1CCCN(CC(N)=O)C1.CC. The van der Waals surface area contributed by atoms with E-state index in [4.69, 9.17) is 10.5 Å². The van der Waals surface area contributed by atoms with Crippen LogP contribution in [0.25, 0.3) is 0 Å². The van der Waals surface area contributed by atoms with Crippen molar-refractivity contribution in [2.24, 2.45) is 17.6 Å². The van der Waals surface area contributed by atoms with Gasteiger partial charge in [0.05, 0.1) is 12.3 Å². The summed E-state index contributed by atoms with van der Waals surface area (Å²) in [4.78, 5) is 15.9. The maximum absolute atomic E-state index is 11.2. The summed E-state index contributed by atoms with van der Waals surface area (Å²) in [7, 11) is 0. The van der Waals surface area contributed by atoms with E-state index < -0.39 is 0 Å². The highest BCUT2D eigenvalue weighted by Crippen LogP contribution is 2.26. The molecule has 5 nitrogen and oxygen atoms in total. The van der Waals surface area contributed by atoms with Gasteiger partial charge in [-0.25, -0.2) is 0 Å². The molecule has 0 bridgehead atoms. The number of primary amides is 1. The summed E-state index contributed by atoms with van der Waals surface area (Å²) < 4.78 is 6.38. The van der Waals surface area contributed by atoms with E-state index in [1.807, 2.05) is 13.8 Å². The lowest BCUT2D eigenvalue weighted by molar-refractivity contribution is -0.119. The van der Waals surface area contributed by atoms with Crippen LogP contribution in [-0.2, 0) is 9.53 Å². The minimum atomic E-state index is -0.255. The van der Waals surface area contributed by atoms with Crippen LogP contribution in [0.4, 0.5) is 0 Å². The number of rotatable bonds is 9. The van der Waals surface area contributed by atoms with Crippen molar-refractivity contribution in [2.45, 2.75) is 72.3 Å². The zero-order valence-electron chi connectivity index (χ0n) is 18.2. The van der Waals surface area contributed by atoms with E-state index >= 15 is 0 Å². The summed E-state index contributed by atoms with van der Waals surface area (Å²) >= 11 is 0. The Balaban J connectivity index is 0.00000176. The highest BCUT2D eigenvalue weighted by molar-refractivity contribution is 5.75. The highest BCUT2D eigenvalue weighted by Gasteiger charge is 2.26. The van der Waals surface area contributed by atoms with Crippen molar-refractivity contribution >= 4 is 5.91 Å². The molecule has 1 amide bonds. The zero-order valence-corrected chi connectivity index (χ0v) is 18.2. The fourth-order valence-corrected chi connectivity index (χ4v) is 4.11. The van der Waals surface area contributed by atoms with E-state index in [9.17, 15) is 4.79 Å². The van der Waals surface area contributed by atoms with Crippen LogP contribution in [0.15, 0.2) is 12.3 Å². The van der Waals surface area contributed by atoms with Gasteiger partial charge in [0.2, 0.25) is 5.91 Å². The Morgan fingerprint density at radius 2 is 1.74 bits per heavy atom. The number of likely N-dealkylation sites (tertiary alicyclic amines) is 2. The molecule has 0 aromatic rings. The molecular formula is C22H43N3O2. The van der Waals surface area contributed by atoms with Gasteiger partial charge in [-0.3, -0.25) is 14.6 Å². The molecule has 0 radical (unpaired) electrons. The van der Waals surface area contributed by atoms with Gasteiger partial charge in [-0.1, -0.05) is 40.7 Å². The van der Waals surface area contributed by atoms with Crippen molar-refractivity contribution in [3.8, 4) is 0 Å². The van der Waals surface area contributed by atoms with Crippen LogP contribution in [0, 0.1) is 11.8 Å². The lowest BCUT2D eigenvalue weighted by atomic mass is 9.96. The quantitative estimate of drug-likeness (QED) is 0.620. The molecule has 2 aliphatic rings. The average molecular weight is 382 g/mol. The predicted molar refractivity (Wildman–Crippen MR) is 113 cm³/mol. The van der Waals surface area contributed by atoms with Crippen molar-refractivity contribution in [1.29, 1.82) is 0 Å². The van der Waals surface area contributed by atoms with Crippen LogP contribution in [0.3, 0.4) is 0 Å². The number of hydrogen-bond donors (Lipinski definition) is 1. The minimum Gasteiger partial charge on any atom is -0.494 e. The maximum Gasteiger partial charge on any atom is 0.231 e. The number of carbonyl (C=O) groups is 1. The minimum absolute atomic E-state index is 0.220. The maximum atomic E-state index is 11.2. The number of carbonyl (C=O) groups excluding carboxylic acids is 1. The molecule has 0 aliphatic carbocycles. The third-order valence-corrected chi connectivity index (χ3v) is 5.30. The molecule has 2 aliphatic heterocycles. The second kappa shape index (κ2) is 13.2. The van der Waals surface area contributed by atoms with Crippen molar-refractivity contribution in [3.05, 3.63) is 12.3 Å². The molecule has 2 fully saturated rings. The molecule has 27 heavy (non-hydrogen) atoms. The van der Waals surface area contributed by atoms with Crippen molar-refractivity contribution < 1.29 is 9.53 Å². The second-order valence-corrected chi connectivity index (χ2v) is 8.24. The molecule has 2 unspecified atom stereocenters. The van der Waals surface area contributed by atoms with E-state index in [1.54, 1.807) is 0 Å². The monoisotopic (exact) mass is 381 g/mol. The predicted octanol–water partition coefficient (Wildman–Crippen LogP) is 3.64. The van der Waals surface area contributed by atoms with Crippen molar-refractivity contribution in [2.75, 3.05) is 39.3 Å². The van der Waals surface area contributed by atoms with Crippen LogP contribution < -0.4 is 5.73 Å². The second-order valence-electron chi connectivity index (χ2n) is 8.24. The summed E-state index contributed by atoms with van der Waals surface area (Å²) in [5.41, 5.74) is 5.34. The van der Waals surface area contributed by atoms with Crippen LogP contribution in [-0.4, -0.2) is 61.1 Å². The van der Waals surface area contributed by atoms with E-state index in [-0.39, 0.29) is 12.0 Å². The Morgan fingerprint density at radius 1 is 1.11 bits per heavy atom. The molecular weight excluding hydrogens is 338 g/mol. The summed E-state index contributed by atoms with van der Waals surface area (Å²) in [5.74, 6) is 1.57.